The Bertz CT molecular complexity index is 806. The number of aliphatic hydroxyl groups is 1. The quantitative estimate of drug-likeness (QED) is 0.839. The molecule has 0 aliphatic carbocycles. The summed E-state index contributed by atoms with van der Waals surface area (Å²) in [5, 5.41) is 21.2. The van der Waals surface area contributed by atoms with Crippen LogP contribution in [0.5, 0.6) is 0 Å². The van der Waals surface area contributed by atoms with Gasteiger partial charge in [-0.2, -0.15) is 5.26 Å². The molecule has 25 heavy (non-hydrogen) atoms. The molecule has 7 heteroatoms. The Kier molecular flexibility index (Phi) is 5.91. The molecule has 1 aromatic carbocycles. The first-order valence-electron chi connectivity index (χ1n) is 7.86. The van der Waals surface area contributed by atoms with Gasteiger partial charge in [0.05, 0.1) is 18.7 Å². The van der Waals surface area contributed by atoms with Crippen LogP contribution < -0.4 is 5.32 Å². The predicted molar refractivity (Wildman–Crippen MR) is 93.1 cm³/mol. The van der Waals surface area contributed by atoms with E-state index in [1.807, 2.05) is 6.92 Å². The summed E-state index contributed by atoms with van der Waals surface area (Å²) in [6.07, 6.45) is 0. The third kappa shape index (κ3) is 4.05. The van der Waals surface area contributed by atoms with Gasteiger partial charge in [0, 0.05) is 17.9 Å². The number of nitrogens with zero attached hydrogens (tertiary/aromatic N) is 3. The predicted octanol–water partition coefficient (Wildman–Crippen LogP) is 1.97. The van der Waals surface area contributed by atoms with Gasteiger partial charge in [0.25, 0.3) is 0 Å². The number of aliphatic hydroxyl groups excluding tert-OH is 1. The Hall–Kier alpha value is -2.69. The van der Waals surface area contributed by atoms with Crippen LogP contribution in [0, 0.1) is 31.0 Å². The Balaban J connectivity index is 2.42. The number of amides is 1. The fraction of sp³-hybridized carbons (Fsp3) is 0.333. The number of hydrogen-bond acceptors (Lipinski definition) is 4. The second-order valence-electron chi connectivity index (χ2n) is 5.87. The van der Waals surface area contributed by atoms with Gasteiger partial charge in [-0.05, 0) is 50.7 Å². The average Bonchev–Trinajstić information content (AvgIpc) is 2.79. The topological polar surface area (TPSA) is 81.3 Å². The number of aromatic nitrogens is 1. The standard InChI is InChI=1S/C18H21FN4O2/c1-12-13(2)23(15-6-4-14(19)5-7-15)18(16(12)10-20)21-17(25)11-22(3)8-9-24/h4-7,24H,8-9,11H2,1-3H3,(H,21,25). The lowest BCUT2D eigenvalue weighted by Crippen LogP contribution is -2.32. The zero-order chi connectivity index (χ0) is 18.6. The minimum Gasteiger partial charge on any atom is -0.395 e. The van der Waals surface area contributed by atoms with E-state index in [9.17, 15) is 14.4 Å². The molecule has 1 heterocycles. The number of benzene rings is 1. The van der Waals surface area contributed by atoms with E-state index in [0.717, 1.165) is 11.3 Å². The second kappa shape index (κ2) is 7.92. The number of rotatable bonds is 6. The first kappa shape index (κ1) is 18.6. The number of nitrogens with one attached hydrogen (secondary N) is 1. The maximum atomic E-state index is 13.2. The van der Waals surface area contributed by atoms with Gasteiger partial charge in [-0.25, -0.2) is 4.39 Å². The second-order valence-corrected chi connectivity index (χ2v) is 5.87. The van der Waals surface area contributed by atoms with Crippen LogP contribution in [0.25, 0.3) is 5.69 Å². The molecule has 2 rings (SSSR count). The molecular weight excluding hydrogens is 323 g/mol. The van der Waals surface area contributed by atoms with Gasteiger partial charge in [-0.15, -0.1) is 0 Å². The van der Waals surface area contributed by atoms with Crippen molar-refractivity contribution in [2.24, 2.45) is 0 Å². The Morgan fingerprint density at radius 1 is 1.36 bits per heavy atom. The van der Waals surface area contributed by atoms with E-state index in [2.05, 4.69) is 11.4 Å². The molecule has 0 saturated heterocycles. The third-order valence-corrected chi connectivity index (χ3v) is 4.06. The molecule has 0 spiro atoms. The van der Waals surface area contributed by atoms with Crippen molar-refractivity contribution >= 4 is 11.7 Å². The van der Waals surface area contributed by atoms with Gasteiger partial charge in [0.15, 0.2) is 0 Å². The number of likely N-dealkylation sites (N-methyl/N-ethyl adjacent to an activating group) is 1. The molecule has 0 unspecified atom stereocenters. The summed E-state index contributed by atoms with van der Waals surface area (Å²) in [5.74, 6) is -0.290. The maximum Gasteiger partial charge on any atom is 0.239 e. The molecule has 2 N–H and O–H groups in total. The fourth-order valence-electron chi connectivity index (χ4n) is 2.64. The van der Waals surface area contributed by atoms with E-state index in [1.165, 1.54) is 12.1 Å². The van der Waals surface area contributed by atoms with Crippen molar-refractivity contribution in [2.45, 2.75) is 13.8 Å². The van der Waals surface area contributed by atoms with E-state index in [0.29, 0.717) is 23.6 Å². The van der Waals surface area contributed by atoms with E-state index >= 15 is 0 Å². The van der Waals surface area contributed by atoms with Gasteiger partial charge in [0.1, 0.15) is 17.7 Å². The number of hydrogen-bond donors (Lipinski definition) is 2. The Morgan fingerprint density at radius 2 is 2.00 bits per heavy atom. The van der Waals surface area contributed by atoms with E-state index < -0.39 is 0 Å². The molecule has 0 fully saturated rings. The highest BCUT2D eigenvalue weighted by Gasteiger charge is 2.21. The van der Waals surface area contributed by atoms with Crippen molar-refractivity contribution in [3.05, 3.63) is 46.9 Å². The fourth-order valence-corrected chi connectivity index (χ4v) is 2.64. The van der Waals surface area contributed by atoms with Crippen molar-refractivity contribution in [2.75, 3.05) is 32.1 Å². The van der Waals surface area contributed by atoms with Gasteiger partial charge >= 0.3 is 0 Å². The van der Waals surface area contributed by atoms with E-state index in [4.69, 9.17) is 5.11 Å². The molecule has 132 valence electrons. The van der Waals surface area contributed by atoms with Crippen molar-refractivity contribution in [1.82, 2.24) is 9.47 Å². The van der Waals surface area contributed by atoms with Crippen LogP contribution in [0.2, 0.25) is 0 Å². The lowest BCUT2D eigenvalue weighted by atomic mass is 10.2. The third-order valence-electron chi connectivity index (χ3n) is 4.06. The van der Waals surface area contributed by atoms with Crippen LogP contribution in [0.4, 0.5) is 10.2 Å². The monoisotopic (exact) mass is 344 g/mol. The minimum absolute atomic E-state index is 0.0442. The van der Waals surface area contributed by atoms with Crippen molar-refractivity contribution in [3.8, 4) is 11.8 Å². The number of carbonyl (C=O) groups is 1. The molecule has 6 nitrogen and oxygen atoms in total. The highest BCUT2D eigenvalue weighted by Crippen LogP contribution is 2.30. The molecule has 1 aromatic heterocycles. The van der Waals surface area contributed by atoms with Gasteiger partial charge in [-0.1, -0.05) is 0 Å². The summed E-state index contributed by atoms with van der Waals surface area (Å²) in [6.45, 7) is 4.06. The number of carbonyl (C=O) groups excluding carboxylic acids is 1. The first-order valence-corrected chi connectivity index (χ1v) is 7.86. The van der Waals surface area contributed by atoms with Crippen molar-refractivity contribution < 1.29 is 14.3 Å². The van der Waals surface area contributed by atoms with Crippen molar-refractivity contribution in [3.63, 3.8) is 0 Å². The zero-order valence-corrected chi connectivity index (χ0v) is 14.5. The summed E-state index contributed by atoms with van der Waals surface area (Å²) in [7, 11) is 1.72. The summed E-state index contributed by atoms with van der Waals surface area (Å²) >= 11 is 0. The molecule has 0 aliphatic rings. The van der Waals surface area contributed by atoms with Crippen LogP contribution in [0.15, 0.2) is 24.3 Å². The van der Waals surface area contributed by atoms with Crippen LogP contribution in [0.1, 0.15) is 16.8 Å². The molecule has 0 atom stereocenters. The summed E-state index contributed by atoms with van der Waals surface area (Å²) < 4.78 is 15.0. The highest BCUT2D eigenvalue weighted by atomic mass is 19.1. The number of anilines is 1. The van der Waals surface area contributed by atoms with Gasteiger partial charge in [-0.3, -0.25) is 14.3 Å². The Labute approximate surface area is 146 Å². The molecule has 2 aromatic rings. The number of nitriles is 1. The lowest BCUT2D eigenvalue weighted by Gasteiger charge is -2.16. The molecule has 0 radical (unpaired) electrons. The normalized spacial score (nSPS) is 10.8. The first-order chi connectivity index (χ1) is 11.9. The van der Waals surface area contributed by atoms with E-state index in [1.54, 1.807) is 35.6 Å². The summed E-state index contributed by atoms with van der Waals surface area (Å²) in [5.41, 5.74) is 2.58. The summed E-state index contributed by atoms with van der Waals surface area (Å²) in [6, 6.07) is 7.97. The molecular formula is C18H21FN4O2. The SMILES string of the molecule is Cc1c(C#N)c(NC(=O)CN(C)CCO)n(-c2ccc(F)cc2)c1C. The lowest BCUT2D eigenvalue weighted by molar-refractivity contribution is -0.117. The van der Waals surface area contributed by atoms with E-state index in [-0.39, 0.29) is 24.9 Å². The van der Waals surface area contributed by atoms with Crippen LogP contribution in [-0.4, -0.2) is 47.2 Å². The minimum atomic E-state index is -0.359. The van der Waals surface area contributed by atoms with Crippen LogP contribution >= 0.6 is 0 Å². The average molecular weight is 344 g/mol. The van der Waals surface area contributed by atoms with Gasteiger partial charge in [0.2, 0.25) is 5.91 Å². The number of halogens is 1. The molecule has 1 amide bonds. The van der Waals surface area contributed by atoms with Crippen LogP contribution in [0.3, 0.4) is 0 Å². The summed E-state index contributed by atoms with van der Waals surface area (Å²) in [4.78, 5) is 14.0. The van der Waals surface area contributed by atoms with Gasteiger partial charge < -0.3 is 10.4 Å². The zero-order valence-electron chi connectivity index (χ0n) is 14.5. The largest absolute Gasteiger partial charge is 0.395 e. The van der Waals surface area contributed by atoms with Crippen LogP contribution in [-0.2, 0) is 4.79 Å². The maximum absolute atomic E-state index is 13.2. The van der Waals surface area contributed by atoms with Crippen molar-refractivity contribution in [1.29, 1.82) is 5.26 Å². The smallest absolute Gasteiger partial charge is 0.239 e. The molecule has 0 saturated carbocycles. The Morgan fingerprint density at radius 3 is 2.56 bits per heavy atom. The molecule has 0 bridgehead atoms. The molecule has 0 aliphatic heterocycles. The highest BCUT2D eigenvalue weighted by molar-refractivity contribution is 5.93.